The molecule has 0 saturated carbocycles. The molecule has 0 atom stereocenters. The molecule has 106 valence electrons. The molecule has 21 heavy (non-hydrogen) atoms. The Morgan fingerprint density at radius 2 is 1.86 bits per heavy atom. The number of methoxy groups -OCH3 is 1. The highest BCUT2D eigenvalue weighted by Crippen LogP contribution is 2.20. The van der Waals surface area contributed by atoms with Gasteiger partial charge in [-0.15, -0.1) is 0 Å². The molecular weight excluding hydrogens is 271 g/mol. The molecule has 0 aliphatic carbocycles. The van der Waals surface area contributed by atoms with Crippen LogP contribution in [0.5, 0.6) is 5.75 Å². The molecule has 0 radical (unpaired) electrons. The predicted octanol–water partition coefficient (Wildman–Crippen LogP) is 3.48. The van der Waals surface area contributed by atoms with Gasteiger partial charge in [0.25, 0.3) is 0 Å². The highest BCUT2D eigenvalue weighted by Gasteiger charge is 2.11. The van der Waals surface area contributed by atoms with Crippen molar-refractivity contribution >= 4 is 0 Å². The first-order valence-electron chi connectivity index (χ1n) is 6.46. The maximum Gasteiger partial charge on any atom is 0.231 e. The van der Waals surface area contributed by atoms with E-state index in [9.17, 15) is 4.39 Å². The predicted molar refractivity (Wildman–Crippen MR) is 75.5 cm³/mol. The second-order valence-corrected chi connectivity index (χ2v) is 4.51. The summed E-state index contributed by atoms with van der Waals surface area (Å²) in [4.78, 5) is 4.29. The Morgan fingerprint density at radius 1 is 1.10 bits per heavy atom. The molecule has 0 unspecified atom stereocenters. The van der Waals surface area contributed by atoms with E-state index >= 15 is 0 Å². The number of hydrogen-bond acceptors (Lipinski definition) is 4. The first kappa shape index (κ1) is 13.3. The second-order valence-electron chi connectivity index (χ2n) is 4.51. The lowest BCUT2D eigenvalue weighted by Gasteiger charge is -1.99. The van der Waals surface area contributed by atoms with Crippen LogP contribution in [-0.4, -0.2) is 17.3 Å². The van der Waals surface area contributed by atoms with Crippen molar-refractivity contribution in [1.82, 2.24) is 10.1 Å². The Hall–Kier alpha value is -2.69. The highest BCUT2D eigenvalue weighted by atomic mass is 19.1. The summed E-state index contributed by atoms with van der Waals surface area (Å²) in [6, 6.07) is 13.9. The fourth-order valence-corrected chi connectivity index (χ4v) is 1.99. The van der Waals surface area contributed by atoms with Gasteiger partial charge in [-0.2, -0.15) is 4.98 Å². The summed E-state index contributed by atoms with van der Waals surface area (Å²) in [7, 11) is 1.61. The molecule has 5 heteroatoms. The number of benzene rings is 2. The van der Waals surface area contributed by atoms with Crippen LogP contribution in [0.4, 0.5) is 4.39 Å². The van der Waals surface area contributed by atoms with Gasteiger partial charge in [-0.25, -0.2) is 4.39 Å². The second kappa shape index (κ2) is 5.75. The third-order valence-corrected chi connectivity index (χ3v) is 3.12. The molecule has 0 N–H and O–H groups in total. The van der Waals surface area contributed by atoms with Gasteiger partial charge < -0.3 is 9.26 Å². The van der Waals surface area contributed by atoms with E-state index in [0.717, 1.165) is 11.3 Å². The summed E-state index contributed by atoms with van der Waals surface area (Å²) in [6.07, 6.45) is 0.274. The number of rotatable bonds is 4. The van der Waals surface area contributed by atoms with Gasteiger partial charge in [0.15, 0.2) is 0 Å². The van der Waals surface area contributed by atoms with Crippen molar-refractivity contribution in [3.63, 3.8) is 0 Å². The number of nitrogens with zero attached hydrogens (tertiary/aromatic N) is 2. The molecule has 0 saturated heterocycles. The normalized spacial score (nSPS) is 10.6. The Bertz CT molecular complexity index is 738. The van der Waals surface area contributed by atoms with Crippen molar-refractivity contribution in [2.45, 2.75) is 6.42 Å². The van der Waals surface area contributed by atoms with Crippen molar-refractivity contribution < 1.29 is 13.7 Å². The van der Waals surface area contributed by atoms with Crippen LogP contribution in [0, 0.1) is 5.82 Å². The molecule has 0 fully saturated rings. The minimum atomic E-state index is -0.276. The van der Waals surface area contributed by atoms with Gasteiger partial charge in [0.2, 0.25) is 11.7 Å². The molecule has 2 aromatic carbocycles. The first-order chi connectivity index (χ1) is 10.3. The fourth-order valence-electron chi connectivity index (χ4n) is 1.99. The smallest absolute Gasteiger partial charge is 0.231 e. The molecule has 4 nitrogen and oxygen atoms in total. The maximum atomic E-state index is 13.6. The lowest BCUT2D eigenvalue weighted by molar-refractivity contribution is 0.384. The Labute approximate surface area is 121 Å². The van der Waals surface area contributed by atoms with Crippen molar-refractivity contribution in [2.24, 2.45) is 0 Å². The summed E-state index contributed by atoms with van der Waals surface area (Å²) in [5.74, 6) is 1.34. The van der Waals surface area contributed by atoms with Crippen molar-refractivity contribution in [1.29, 1.82) is 0 Å². The van der Waals surface area contributed by atoms with Crippen LogP contribution in [0.3, 0.4) is 0 Å². The number of halogens is 1. The van der Waals surface area contributed by atoms with E-state index < -0.39 is 0 Å². The summed E-state index contributed by atoms with van der Waals surface area (Å²) >= 11 is 0. The van der Waals surface area contributed by atoms with Crippen LogP contribution in [0.15, 0.2) is 53.1 Å². The quantitative estimate of drug-likeness (QED) is 0.736. The van der Waals surface area contributed by atoms with Gasteiger partial charge in [-0.05, 0) is 35.9 Å². The van der Waals surface area contributed by atoms with E-state index in [0.29, 0.717) is 17.3 Å². The molecule has 0 aliphatic rings. The van der Waals surface area contributed by atoms with Crippen LogP contribution >= 0.6 is 0 Å². The number of aromatic nitrogens is 2. The van der Waals surface area contributed by atoms with Crippen LogP contribution in [0.25, 0.3) is 11.4 Å². The molecule has 1 heterocycles. The molecule has 0 amide bonds. The van der Waals surface area contributed by atoms with Crippen molar-refractivity contribution in [2.75, 3.05) is 7.11 Å². The van der Waals surface area contributed by atoms with E-state index in [-0.39, 0.29) is 12.2 Å². The summed E-state index contributed by atoms with van der Waals surface area (Å²) < 4.78 is 23.9. The van der Waals surface area contributed by atoms with E-state index in [2.05, 4.69) is 10.1 Å². The van der Waals surface area contributed by atoms with Crippen LogP contribution in [0.1, 0.15) is 11.5 Å². The largest absolute Gasteiger partial charge is 0.497 e. The Morgan fingerprint density at radius 3 is 2.57 bits per heavy atom. The molecule has 0 spiro atoms. The maximum absolute atomic E-state index is 13.6. The van der Waals surface area contributed by atoms with Crippen molar-refractivity contribution in [3.8, 4) is 17.1 Å². The lowest BCUT2D eigenvalue weighted by atomic mass is 10.1. The van der Waals surface area contributed by atoms with Gasteiger partial charge in [0.1, 0.15) is 11.6 Å². The highest BCUT2D eigenvalue weighted by molar-refractivity contribution is 5.55. The molecule has 0 bridgehead atoms. The molecule has 3 aromatic rings. The molecular formula is C16H13FN2O2. The van der Waals surface area contributed by atoms with Crippen molar-refractivity contribution in [3.05, 3.63) is 65.8 Å². The third-order valence-electron chi connectivity index (χ3n) is 3.12. The van der Waals surface area contributed by atoms with Gasteiger partial charge in [0, 0.05) is 5.56 Å². The number of hydrogen-bond donors (Lipinski definition) is 0. The zero-order chi connectivity index (χ0) is 14.7. The zero-order valence-electron chi connectivity index (χ0n) is 11.4. The molecule has 1 aromatic heterocycles. The minimum Gasteiger partial charge on any atom is -0.497 e. The SMILES string of the molecule is COc1ccc(-c2noc(Cc3ccccc3F)n2)cc1. The van der Waals surface area contributed by atoms with Crippen LogP contribution in [0.2, 0.25) is 0 Å². The molecule has 0 aliphatic heterocycles. The lowest BCUT2D eigenvalue weighted by Crippen LogP contribution is -1.92. The van der Waals surface area contributed by atoms with Gasteiger partial charge >= 0.3 is 0 Å². The third kappa shape index (κ3) is 2.91. The topological polar surface area (TPSA) is 48.2 Å². The average molecular weight is 284 g/mol. The van der Waals surface area contributed by atoms with Gasteiger partial charge in [0.05, 0.1) is 13.5 Å². The first-order valence-corrected chi connectivity index (χ1v) is 6.46. The Kier molecular flexibility index (Phi) is 3.64. The monoisotopic (exact) mass is 284 g/mol. The standard InChI is InChI=1S/C16H13FN2O2/c1-20-13-8-6-11(7-9-13)16-18-15(21-19-16)10-12-4-2-3-5-14(12)17/h2-9H,10H2,1H3. The van der Waals surface area contributed by atoms with Gasteiger partial charge in [-0.1, -0.05) is 23.4 Å². The van der Waals surface area contributed by atoms with E-state index in [1.165, 1.54) is 6.07 Å². The van der Waals surface area contributed by atoms with Gasteiger partial charge in [-0.3, -0.25) is 0 Å². The Balaban J connectivity index is 1.81. The summed E-state index contributed by atoms with van der Waals surface area (Å²) in [6.45, 7) is 0. The van der Waals surface area contributed by atoms with E-state index in [1.54, 1.807) is 25.3 Å². The zero-order valence-corrected chi connectivity index (χ0v) is 11.4. The fraction of sp³-hybridized carbons (Fsp3) is 0.125. The van der Waals surface area contributed by atoms with Crippen LogP contribution < -0.4 is 4.74 Å². The van der Waals surface area contributed by atoms with E-state index in [4.69, 9.17) is 9.26 Å². The number of ether oxygens (including phenoxy) is 1. The summed E-state index contributed by atoms with van der Waals surface area (Å²) in [5, 5.41) is 3.92. The van der Waals surface area contributed by atoms with E-state index in [1.807, 2.05) is 24.3 Å². The average Bonchev–Trinajstić information content (AvgIpc) is 2.98. The van der Waals surface area contributed by atoms with Crippen LogP contribution in [-0.2, 0) is 6.42 Å². The minimum absolute atomic E-state index is 0.274. The molecule has 3 rings (SSSR count). The summed E-state index contributed by atoms with van der Waals surface area (Å²) in [5.41, 5.74) is 1.35.